The lowest BCUT2D eigenvalue weighted by Gasteiger charge is -2.20. The SMILES string of the molecule is O=[N+]([O-])C(=C1SCCS1)C(=C(Cl)Cl)N1CCCC1. The van der Waals surface area contributed by atoms with Gasteiger partial charge in [0.1, 0.15) is 14.4 Å². The second-order valence-electron chi connectivity index (χ2n) is 3.89. The number of hydrogen-bond acceptors (Lipinski definition) is 5. The van der Waals surface area contributed by atoms with Gasteiger partial charge in [-0.1, -0.05) is 23.2 Å². The zero-order valence-electron chi connectivity index (χ0n) is 9.53. The van der Waals surface area contributed by atoms with E-state index in [2.05, 4.69) is 0 Å². The van der Waals surface area contributed by atoms with E-state index in [0.29, 0.717) is 5.70 Å². The number of nitrogens with zero attached hydrogens (tertiary/aromatic N) is 2. The van der Waals surface area contributed by atoms with Gasteiger partial charge in [-0.25, -0.2) is 0 Å². The minimum absolute atomic E-state index is 0.01000. The molecule has 2 aliphatic rings. The molecule has 0 aromatic heterocycles. The summed E-state index contributed by atoms with van der Waals surface area (Å²) in [7, 11) is 0. The number of thioether (sulfide) groups is 2. The van der Waals surface area contributed by atoms with Gasteiger partial charge in [-0.2, -0.15) is 0 Å². The van der Waals surface area contributed by atoms with Crippen LogP contribution in [0, 0.1) is 10.1 Å². The second-order valence-corrected chi connectivity index (χ2v) is 7.31. The summed E-state index contributed by atoms with van der Waals surface area (Å²) in [4.78, 5) is 12.9. The molecule has 2 heterocycles. The van der Waals surface area contributed by atoms with Gasteiger partial charge in [-0.3, -0.25) is 10.1 Å². The van der Waals surface area contributed by atoms with Crippen LogP contribution >= 0.6 is 46.7 Å². The van der Waals surface area contributed by atoms with Gasteiger partial charge in [0.15, 0.2) is 0 Å². The van der Waals surface area contributed by atoms with Crippen molar-refractivity contribution < 1.29 is 4.92 Å². The molecule has 0 aromatic carbocycles. The van der Waals surface area contributed by atoms with Crippen molar-refractivity contribution in [3.63, 3.8) is 0 Å². The predicted octanol–water partition coefficient (Wildman–Crippen LogP) is 3.65. The number of hydrogen-bond donors (Lipinski definition) is 0. The van der Waals surface area contributed by atoms with E-state index in [1.807, 2.05) is 4.90 Å². The zero-order valence-corrected chi connectivity index (χ0v) is 12.7. The molecule has 100 valence electrons. The quantitative estimate of drug-likeness (QED) is 0.585. The van der Waals surface area contributed by atoms with Gasteiger partial charge in [0.05, 0.1) is 4.92 Å². The summed E-state index contributed by atoms with van der Waals surface area (Å²) in [5.74, 6) is 1.79. The maximum atomic E-state index is 11.3. The van der Waals surface area contributed by atoms with Crippen LogP contribution < -0.4 is 0 Å². The normalized spacial score (nSPS) is 19.2. The van der Waals surface area contributed by atoms with E-state index < -0.39 is 0 Å². The van der Waals surface area contributed by atoms with Crippen LogP contribution in [0.4, 0.5) is 0 Å². The second kappa shape index (κ2) is 6.41. The Bertz CT molecular complexity index is 408. The summed E-state index contributed by atoms with van der Waals surface area (Å²) in [6, 6.07) is 0. The van der Waals surface area contributed by atoms with Crippen molar-refractivity contribution in [2.45, 2.75) is 12.8 Å². The largest absolute Gasteiger partial charge is 0.364 e. The van der Waals surface area contributed by atoms with Crippen LogP contribution in [0.1, 0.15) is 12.8 Å². The Morgan fingerprint density at radius 2 is 1.78 bits per heavy atom. The Morgan fingerprint density at radius 1 is 1.22 bits per heavy atom. The van der Waals surface area contributed by atoms with Gasteiger partial charge < -0.3 is 4.90 Å². The van der Waals surface area contributed by atoms with Crippen molar-refractivity contribution in [1.29, 1.82) is 0 Å². The van der Waals surface area contributed by atoms with E-state index in [4.69, 9.17) is 23.2 Å². The zero-order chi connectivity index (χ0) is 13.1. The summed E-state index contributed by atoms with van der Waals surface area (Å²) in [6.45, 7) is 1.55. The van der Waals surface area contributed by atoms with Crippen molar-refractivity contribution in [1.82, 2.24) is 4.90 Å². The Morgan fingerprint density at radius 3 is 2.22 bits per heavy atom. The fourth-order valence-corrected chi connectivity index (χ4v) is 4.91. The fourth-order valence-electron chi connectivity index (χ4n) is 2.00. The first-order valence-electron chi connectivity index (χ1n) is 5.56. The minimum Gasteiger partial charge on any atom is -0.364 e. The molecule has 0 aromatic rings. The molecule has 2 rings (SSSR count). The molecule has 18 heavy (non-hydrogen) atoms. The Balaban J connectivity index is 2.41. The Hall–Kier alpha value is -0.0400. The van der Waals surface area contributed by atoms with E-state index in [0.717, 1.165) is 41.7 Å². The highest BCUT2D eigenvalue weighted by Crippen LogP contribution is 2.43. The van der Waals surface area contributed by atoms with Crippen LogP contribution in [0.15, 0.2) is 20.1 Å². The van der Waals surface area contributed by atoms with Crippen molar-refractivity contribution in [3.8, 4) is 0 Å². The molecule has 2 fully saturated rings. The van der Waals surface area contributed by atoms with E-state index in [1.165, 1.54) is 23.5 Å². The lowest BCUT2D eigenvalue weighted by Crippen LogP contribution is -2.23. The summed E-state index contributed by atoms with van der Waals surface area (Å²) >= 11 is 14.8. The fraction of sp³-hybridized carbons (Fsp3) is 0.600. The maximum absolute atomic E-state index is 11.3. The summed E-state index contributed by atoms with van der Waals surface area (Å²) in [6.07, 6.45) is 2.04. The standard InChI is InChI=1S/C10H12Cl2N2O2S2/c11-9(12)7(13-3-1-2-4-13)8(14(15)16)10-17-5-6-18-10/h1-6H2. The number of likely N-dealkylation sites (tertiary alicyclic amines) is 1. The smallest absolute Gasteiger partial charge is 0.314 e. The van der Waals surface area contributed by atoms with Crippen LogP contribution in [0.5, 0.6) is 0 Å². The third-order valence-corrected chi connectivity index (χ3v) is 5.80. The third kappa shape index (κ3) is 3.10. The number of halogens is 2. The molecule has 0 atom stereocenters. The predicted molar refractivity (Wildman–Crippen MR) is 78.5 cm³/mol. The van der Waals surface area contributed by atoms with E-state index >= 15 is 0 Å². The number of rotatable bonds is 3. The average molecular weight is 327 g/mol. The molecular weight excluding hydrogens is 315 g/mol. The first-order valence-corrected chi connectivity index (χ1v) is 8.29. The third-order valence-electron chi connectivity index (χ3n) is 2.75. The van der Waals surface area contributed by atoms with Crippen LogP contribution in [0.3, 0.4) is 0 Å². The average Bonchev–Trinajstić information content (AvgIpc) is 2.97. The van der Waals surface area contributed by atoms with Crippen LogP contribution in [0.2, 0.25) is 0 Å². The van der Waals surface area contributed by atoms with Crippen LogP contribution in [-0.2, 0) is 0 Å². The van der Waals surface area contributed by atoms with Gasteiger partial charge in [0, 0.05) is 24.6 Å². The molecule has 0 spiro atoms. The van der Waals surface area contributed by atoms with Crippen molar-refractivity contribution >= 4 is 46.7 Å². The molecule has 0 aliphatic carbocycles. The molecule has 0 unspecified atom stereocenters. The molecule has 4 nitrogen and oxygen atoms in total. The monoisotopic (exact) mass is 326 g/mol. The lowest BCUT2D eigenvalue weighted by atomic mass is 10.3. The van der Waals surface area contributed by atoms with Crippen LogP contribution in [0.25, 0.3) is 0 Å². The van der Waals surface area contributed by atoms with Crippen molar-refractivity contribution in [2.24, 2.45) is 0 Å². The highest BCUT2D eigenvalue weighted by Gasteiger charge is 2.33. The molecule has 0 amide bonds. The molecule has 0 radical (unpaired) electrons. The summed E-state index contributed by atoms with van der Waals surface area (Å²) in [5.41, 5.74) is 0.460. The van der Waals surface area contributed by atoms with E-state index in [-0.39, 0.29) is 15.1 Å². The summed E-state index contributed by atoms with van der Waals surface area (Å²) < 4.78 is 0.713. The van der Waals surface area contributed by atoms with E-state index in [9.17, 15) is 10.1 Å². The highest BCUT2D eigenvalue weighted by atomic mass is 35.5. The Kier molecular flexibility index (Phi) is 5.12. The van der Waals surface area contributed by atoms with E-state index in [1.54, 1.807) is 0 Å². The number of nitro groups is 1. The molecule has 8 heteroatoms. The van der Waals surface area contributed by atoms with Gasteiger partial charge in [-0.15, -0.1) is 23.5 Å². The molecule has 2 aliphatic heterocycles. The first-order chi connectivity index (χ1) is 8.61. The molecule has 0 bridgehead atoms. The van der Waals surface area contributed by atoms with Gasteiger partial charge in [0.25, 0.3) is 0 Å². The minimum atomic E-state index is -0.362. The van der Waals surface area contributed by atoms with Crippen molar-refractivity contribution in [2.75, 3.05) is 24.6 Å². The topological polar surface area (TPSA) is 46.4 Å². The Labute approximate surface area is 124 Å². The maximum Gasteiger partial charge on any atom is 0.314 e. The molecule has 2 saturated heterocycles. The summed E-state index contributed by atoms with van der Waals surface area (Å²) in [5, 5.41) is 11.3. The van der Waals surface area contributed by atoms with Crippen molar-refractivity contribution in [3.05, 3.63) is 30.2 Å². The first kappa shape index (κ1) is 14.4. The molecular formula is C10H12Cl2N2O2S2. The van der Waals surface area contributed by atoms with Gasteiger partial charge in [-0.05, 0) is 12.8 Å². The van der Waals surface area contributed by atoms with Gasteiger partial charge in [0.2, 0.25) is 0 Å². The molecule has 0 N–H and O–H groups in total. The van der Waals surface area contributed by atoms with Crippen LogP contribution in [-0.4, -0.2) is 34.4 Å². The van der Waals surface area contributed by atoms with Gasteiger partial charge >= 0.3 is 5.70 Å². The highest BCUT2D eigenvalue weighted by molar-refractivity contribution is 8.25. The molecule has 0 saturated carbocycles. The lowest BCUT2D eigenvalue weighted by molar-refractivity contribution is -0.422.